The summed E-state index contributed by atoms with van der Waals surface area (Å²) in [6, 6.07) is 7.72. The molecule has 2 N–H and O–H groups in total. The number of rotatable bonds is 2. The molecular formula is C14H17BrClN3. The van der Waals surface area contributed by atoms with Gasteiger partial charge in [-0.15, -0.1) is 0 Å². The lowest BCUT2D eigenvalue weighted by atomic mass is 9.92. The summed E-state index contributed by atoms with van der Waals surface area (Å²) in [6.45, 7) is 6.96. The molecule has 0 aliphatic carbocycles. The van der Waals surface area contributed by atoms with Gasteiger partial charge in [0.05, 0.1) is 16.7 Å². The predicted molar refractivity (Wildman–Crippen MR) is 83.6 cm³/mol. The highest BCUT2D eigenvalue weighted by atomic mass is 79.9. The van der Waals surface area contributed by atoms with Crippen LogP contribution < -0.4 is 5.73 Å². The maximum absolute atomic E-state index is 6.11. The van der Waals surface area contributed by atoms with Gasteiger partial charge in [0.25, 0.3) is 0 Å². The maximum atomic E-state index is 6.11. The number of halogens is 2. The molecule has 1 heterocycles. The molecule has 0 atom stereocenters. The van der Waals surface area contributed by atoms with Crippen LogP contribution in [0.1, 0.15) is 32.0 Å². The van der Waals surface area contributed by atoms with Crippen LogP contribution in [0.15, 0.2) is 28.7 Å². The van der Waals surface area contributed by atoms with E-state index in [4.69, 9.17) is 17.3 Å². The van der Waals surface area contributed by atoms with Crippen molar-refractivity contribution in [1.82, 2.24) is 9.78 Å². The van der Waals surface area contributed by atoms with Crippen LogP contribution >= 0.6 is 27.5 Å². The molecule has 3 nitrogen and oxygen atoms in total. The van der Waals surface area contributed by atoms with Gasteiger partial charge in [0.2, 0.25) is 0 Å². The lowest BCUT2D eigenvalue weighted by molar-refractivity contribution is 0.544. The summed E-state index contributed by atoms with van der Waals surface area (Å²) < 4.78 is 2.68. The lowest BCUT2D eigenvalue weighted by Crippen LogP contribution is -2.13. The molecule has 19 heavy (non-hydrogen) atoms. The Labute approximate surface area is 126 Å². The van der Waals surface area contributed by atoms with E-state index in [-0.39, 0.29) is 5.41 Å². The number of nitrogen functional groups attached to an aromatic ring is 1. The first-order chi connectivity index (χ1) is 8.79. The second-order valence-electron chi connectivity index (χ2n) is 5.59. The number of benzene rings is 1. The Bertz CT molecular complexity index is 599. The number of anilines is 1. The molecule has 0 unspecified atom stereocenters. The Morgan fingerprint density at radius 2 is 2.05 bits per heavy atom. The van der Waals surface area contributed by atoms with Crippen molar-refractivity contribution in [3.8, 4) is 0 Å². The van der Waals surface area contributed by atoms with E-state index in [0.717, 1.165) is 20.8 Å². The van der Waals surface area contributed by atoms with Crippen LogP contribution in [0.2, 0.25) is 5.02 Å². The molecule has 0 bridgehead atoms. The van der Waals surface area contributed by atoms with Crippen molar-refractivity contribution in [3.63, 3.8) is 0 Å². The van der Waals surface area contributed by atoms with Crippen molar-refractivity contribution in [2.24, 2.45) is 0 Å². The molecule has 2 aromatic rings. The van der Waals surface area contributed by atoms with Gasteiger partial charge in [-0.3, -0.25) is 0 Å². The largest absolute Gasteiger partial charge is 0.383 e. The average molecular weight is 343 g/mol. The van der Waals surface area contributed by atoms with Gasteiger partial charge >= 0.3 is 0 Å². The van der Waals surface area contributed by atoms with Crippen LogP contribution in [-0.4, -0.2) is 9.78 Å². The van der Waals surface area contributed by atoms with E-state index in [1.807, 2.05) is 24.3 Å². The summed E-state index contributed by atoms with van der Waals surface area (Å²) in [5.41, 5.74) is 8.10. The fourth-order valence-corrected chi connectivity index (χ4v) is 2.95. The molecule has 5 heteroatoms. The van der Waals surface area contributed by atoms with E-state index in [2.05, 4.69) is 41.8 Å². The number of nitrogens with two attached hydrogens (primary N) is 1. The molecule has 1 aromatic carbocycles. The van der Waals surface area contributed by atoms with Crippen LogP contribution in [0.25, 0.3) is 0 Å². The first-order valence-corrected chi connectivity index (χ1v) is 7.23. The summed E-state index contributed by atoms with van der Waals surface area (Å²) in [6.07, 6.45) is 0. The maximum Gasteiger partial charge on any atom is 0.136 e. The molecule has 0 aliphatic rings. The van der Waals surface area contributed by atoms with E-state index in [1.54, 1.807) is 4.68 Å². The third-order valence-corrected chi connectivity index (χ3v) is 3.88. The molecule has 0 amide bonds. The number of aromatic nitrogens is 2. The summed E-state index contributed by atoms with van der Waals surface area (Å²) >= 11 is 9.52. The summed E-state index contributed by atoms with van der Waals surface area (Å²) in [5, 5.41) is 5.33. The topological polar surface area (TPSA) is 43.8 Å². The summed E-state index contributed by atoms with van der Waals surface area (Å²) in [7, 11) is 0. The summed E-state index contributed by atoms with van der Waals surface area (Å²) in [4.78, 5) is 0. The lowest BCUT2D eigenvalue weighted by Gasteiger charge is -2.15. The third-order valence-electron chi connectivity index (χ3n) is 2.86. The molecule has 0 aliphatic heterocycles. The Morgan fingerprint density at radius 1 is 1.37 bits per heavy atom. The van der Waals surface area contributed by atoms with Crippen molar-refractivity contribution < 1.29 is 0 Å². The zero-order valence-electron chi connectivity index (χ0n) is 11.2. The molecule has 2 rings (SSSR count). The molecular weight excluding hydrogens is 326 g/mol. The van der Waals surface area contributed by atoms with E-state index in [1.165, 1.54) is 0 Å². The quantitative estimate of drug-likeness (QED) is 0.887. The van der Waals surface area contributed by atoms with Gasteiger partial charge in [0.15, 0.2) is 0 Å². The van der Waals surface area contributed by atoms with Crippen LogP contribution in [0.3, 0.4) is 0 Å². The van der Waals surface area contributed by atoms with Crippen LogP contribution in [0.5, 0.6) is 0 Å². The van der Waals surface area contributed by atoms with Crippen molar-refractivity contribution >= 4 is 33.3 Å². The van der Waals surface area contributed by atoms with Crippen molar-refractivity contribution in [2.45, 2.75) is 32.7 Å². The van der Waals surface area contributed by atoms with E-state index in [0.29, 0.717) is 12.4 Å². The monoisotopic (exact) mass is 341 g/mol. The molecule has 1 aromatic heterocycles. The minimum Gasteiger partial charge on any atom is -0.383 e. The van der Waals surface area contributed by atoms with Gasteiger partial charge in [-0.25, -0.2) is 4.68 Å². The van der Waals surface area contributed by atoms with Gasteiger partial charge in [-0.2, -0.15) is 5.10 Å². The van der Waals surface area contributed by atoms with Crippen molar-refractivity contribution in [2.75, 3.05) is 5.73 Å². The van der Waals surface area contributed by atoms with Gasteiger partial charge in [0, 0.05) is 10.4 Å². The molecule has 0 fully saturated rings. The molecule has 0 saturated carbocycles. The smallest absolute Gasteiger partial charge is 0.136 e. The Morgan fingerprint density at radius 3 is 2.58 bits per heavy atom. The van der Waals surface area contributed by atoms with E-state index < -0.39 is 0 Å². The SMILES string of the molecule is CC(C)(C)c1nn(Cc2cccc(Cl)c2)c(N)c1Br. The minimum absolute atomic E-state index is 0.0491. The van der Waals surface area contributed by atoms with E-state index in [9.17, 15) is 0 Å². The second-order valence-corrected chi connectivity index (χ2v) is 6.81. The Kier molecular flexibility index (Phi) is 3.92. The van der Waals surface area contributed by atoms with Crippen LogP contribution in [0, 0.1) is 0 Å². The van der Waals surface area contributed by atoms with Gasteiger partial charge in [-0.05, 0) is 33.6 Å². The number of hydrogen-bond acceptors (Lipinski definition) is 2. The number of nitrogens with zero attached hydrogens (tertiary/aromatic N) is 2. The van der Waals surface area contributed by atoms with Gasteiger partial charge in [-0.1, -0.05) is 44.5 Å². The predicted octanol–water partition coefficient (Wildman–Crippen LogP) is 4.23. The fourth-order valence-electron chi connectivity index (χ4n) is 1.86. The van der Waals surface area contributed by atoms with Gasteiger partial charge < -0.3 is 5.73 Å². The third kappa shape index (κ3) is 3.12. The first kappa shape index (κ1) is 14.4. The highest BCUT2D eigenvalue weighted by Crippen LogP contribution is 2.33. The normalized spacial score (nSPS) is 11.8. The first-order valence-electron chi connectivity index (χ1n) is 6.06. The zero-order valence-corrected chi connectivity index (χ0v) is 13.6. The standard InChI is InChI=1S/C14H17BrClN3/c1-14(2,3)12-11(15)13(17)19(18-12)8-9-5-4-6-10(16)7-9/h4-7H,8,17H2,1-3H3. The fraction of sp³-hybridized carbons (Fsp3) is 0.357. The highest BCUT2D eigenvalue weighted by Gasteiger charge is 2.24. The Balaban J connectivity index is 2.37. The second kappa shape index (κ2) is 5.17. The van der Waals surface area contributed by atoms with Crippen molar-refractivity contribution in [3.05, 3.63) is 45.0 Å². The van der Waals surface area contributed by atoms with Gasteiger partial charge in [0.1, 0.15) is 5.82 Å². The zero-order chi connectivity index (χ0) is 14.2. The van der Waals surface area contributed by atoms with Crippen LogP contribution in [-0.2, 0) is 12.0 Å². The molecule has 0 saturated heterocycles. The Hall–Kier alpha value is -1.00. The minimum atomic E-state index is -0.0491. The highest BCUT2D eigenvalue weighted by molar-refractivity contribution is 9.10. The van der Waals surface area contributed by atoms with Crippen molar-refractivity contribution in [1.29, 1.82) is 0 Å². The molecule has 0 spiro atoms. The van der Waals surface area contributed by atoms with Crippen LogP contribution in [0.4, 0.5) is 5.82 Å². The van der Waals surface area contributed by atoms with E-state index >= 15 is 0 Å². The molecule has 0 radical (unpaired) electrons. The number of hydrogen-bond donors (Lipinski definition) is 1. The molecule has 102 valence electrons. The average Bonchev–Trinajstić information content (AvgIpc) is 2.57. The summed E-state index contributed by atoms with van der Waals surface area (Å²) in [5.74, 6) is 0.643.